The molecule has 0 radical (unpaired) electrons. The van der Waals surface area contributed by atoms with E-state index in [0.717, 1.165) is 67.7 Å². The standard InChI is InChI=1S/C28H36ClN5O4/c1-27(2,3)38-26(36)33-13-9-18-19(29)7-8-23(37-16-20-21-6-4-5-12-34(21)31-30-20)25(18)22(33)15-32-17-28(10-11-28)14-24(32)35/h7-8,22H,4-6,9-17H2,1-3H3/t22-/m1/s1. The van der Waals surface area contributed by atoms with Crippen molar-refractivity contribution in [1.29, 1.82) is 0 Å². The Hall–Kier alpha value is -2.81. The second-order valence-electron chi connectivity index (χ2n) is 12.3. The van der Waals surface area contributed by atoms with E-state index >= 15 is 0 Å². The van der Waals surface area contributed by atoms with Crippen LogP contribution in [0.15, 0.2) is 12.1 Å². The summed E-state index contributed by atoms with van der Waals surface area (Å²) in [6.45, 7) is 8.36. The van der Waals surface area contributed by atoms with Crippen LogP contribution >= 0.6 is 11.6 Å². The first-order chi connectivity index (χ1) is 18.1. The van der Waals surface area contributed by atoms with Gasteiger partial charge in [0.25, 0.3) is 0 Å². The molecule has 0 bridgehead atoms. The molecule has 9 nitrogen and oxygen atoms in total. The van der Waals surface area contributed by atoms with Crippen molar-refractivity contribution in [3.05, 3.63) is 39.7 Å². The zero-order valence-corrected chi connectivity index (χ0v) is 23.2. The number of halogens is 1. The lowest BCUT2D eigenvalue weighted by atomic mass is 9.91. The monoisotopic (exact) mass is 541 g/mol. The third-order valence-electron chi connectivity index (χ3n) is 8.27. The number of aryl methyl sites for hydroxylation is 1. The predicted octanol–water partition coefficient (Wildman–Crippen LogP) is 4.69. The van der Waals surface area contributed by atoms with Crippen LogP contribution in [-0.2, 0) is 35.5 Å². The topological polar surface area (TPSA) is 89.8 Å². The minimum atomic E-state index is -0.635. The Bertz CT molecular complexity index is 1260. The van der Waals surface area contributed by atoms with E-state index in [1.807, 2.05) is 42.5 Å². The van der Waals surface area contributed by atoms with E-state index in [4.69, 9.17) is 21.1 Å². The van der Waals surface area contributed by atoms with Crippen molar-refractivity contribution in [3.8, 4) is 5.75 Å². The van der Waals surface area contributed by atoms with Gasteiger partial charge in [0.2, 0.25) is 5.91 Å². The molecule has 4 aliphatic rings. The summed E-state index contributed by atoms with van der Waals surface area (Å²) in [6, 6.07) is 3.31. The third-order valence-corrected chi connectivity index (χ3v) is 8.63. The van der Waals surface area contributed by atoms with Gasteiger partial charge in [-0.3, -0.25) is 9.69 Å². The molecule has 1 aromatic heterocycles. The Labute approximate surface area is 228 Å². The number of nitrogens with zero attached hydrogens (tertiary/aromatic N) is 5. The highest BCUT2D eigenvalue weighted by Crippen LogP contribution is 2.53. The van der Waals surface area contributed by atoms with E-state index in [1.165, 1.54) is 0 Å². The van der Waals surface area contributed by atoms with Gasteiger partial charge < -0.3 is 14.4 Å². The van der Waals surface area contributed by atoms with Crippen LogP contribution in [0.25, 0.3) is 0 Å². The second kappa shape index (κ2) is 9.43. The van der Waals surface area contributed by atoms with Crippen molar-refractivity contribution in [3.63, 3.8) is 0 Å². The number of hydrogen-bond acceptors (Lipinski definition) is 6. The fourth-order valence-electron chi connectivity index (χ4n) is 6.14. The molecule has 0 N–H and O–H groups in total. The van der Waals surface area contributed by atoms with Crippen molar-refractivity contribution in [1.82, 2.24) is 24.8 Å². The molecule has 204 valence electrons. The minimum Gasteiger partial charge on any atom is -0.487 e. The van der Waals surface area contributed by atoms with Gasteiger partial charge in [-0.2, -0.15) is 0 Å². The van der Waals surface area contributed by atoms with Crippen LogP contribution in [0.3, 0.4) is 0 Å². The highest BCUT2D eigenvalue weighted by molar-refractivity contribution is 6.31. The van der Waals surface area contributed by atoms with E-state index in [-0.39, 0.29) is 24.0 Å². The smallest absolute Gasteiger partial charge is 0.410 e. The van der Waals surface area contributed by atoms with Crippen LogP contribution in [0.4, 0.5) is 4.79 Å². The number of likely N-dealkylation sites (tertiary alicyclic amines) is 1. The highest BCUT2D eigenvalue weighted by atomic mass is 35.5. The van der Waals surface area contributed by atoms with Gasteiger partial charge >= 0.3 is 6.09 Å². The van der Waals surface area contributed by atoms with Crippen LogP contribution in [0.2, 0.25) is 5.02 Å². The van der Waals surface area contributed by atoms with Gasteiger partial charge in [0, 0.05) is 43.2 Å². The van der Waals surface area contributed by atoms with Gasteiger partial charge in [0.05, 0.1) is 11.7 Å². The molecule has 6 rings (SSSR count). The van der Waals surface area contributed by atoms with E-state index < -0.39 is 11.6 Å². The van der Waals surface area contributed by atoms with Crippen molar-refractivity contribution in [2.75, 3.05) is 19.6 Å². The molecule has 38 heavy (non-hydrogen) atoms. The van der Waals surface area contributed by atoms with E-state index in [9.17, 15) is 9.59 Å². The van der Waals surface area contributed by atoms with Gasteiger partial charge in [-0.05, 0) is 82.4 Å². The molecular weight excluding hydrogens is 506 g/mol. The first-order valence-corrected chi connectivity index (χ1v) is 14.1. The number of benzene rings is 1. The van der Waals surface area contributed by atoms with Crippen LogP contribution in [0, 0.1) is 5.41 Å². The summed E-state index contributed by atoms with van der Waals surface area (Å²) in [5.41, 5.74) is 3.29. The van der Waals surface area contributed by atoms with Crippen molar-refractivity contribution >= 4 is 23.6 Å². The average Bonchev–Trinajstić information content (AvgIpc) is 3.37. The van der Waals surface area contributed by atoms with Gasteiger partial charge in [0.1, 0.15) is 23.7 Å². The largest absolute Gasteiger partial charge is 0.487 e. The Morgan fingerprint density at radius 3 is 2.74 bits per heavy atom. The normalized spacial score (nSPS) is 21.9. The van der Waals surface area contributed by atoms with Crippen LogP contribution in [0.1, 0.15) is 81.4 Å². The maximum atomic E-state index is 13.4. The van der Waals surface area contributed by atoms with Gasteiger partial charge in [-0.1, -0.05) is 16.8 Å². The second-order valence-corrected chi connectivity index (χ2v) is 12.7. The molecule has 2 fully saturated rings. The molecular formula is C28H36ClN5O4. The van der Waals surface area contributed by atoms with E-state index in [0.29, 0.717) is 36.7 Å². The highest BCUT2D eigenvalue weighted by Gasteiger charge is 2.52. The summed E-state index contributed by atoms with van der Waals surface area (Å²) >= 11 is 6.71. The maximum Gasteiger partial charge on any atom is 0.410 e. The Morgan fingerprint density at radius 1 is 1.18 bits per heavy atom. The fourth-order valence-corrected chi connectivity index (χ4v) is 6.40. The summed E-state index contributed by atoms with van der Waals surface area (Å²) in [7, 11) is 0. The Kier molecular flexibility index (Phi) is 6.32. The Morgan fingerprint density at radius 2 is 2.00 bits per heavy atom. The van der Waals surface area contributed by atoms with Crippen molar-refractivity contribution in [2.45, 2.75) is 90.5 Å². The zero-order valence-electron chi connectivity index (χ0n) is 22.5. The number of fused-ring (bicyclic) bond motifs is 2. The van der Waals surface area contributed by atoms with Crippen LogP contribution < -0.4 is 4.74 Å². The van der Waals surface area contributed by atoms with Crippen LogP contribution in [-0.4, -0.2) is 62.0 Å². The van der Waals surface area contributed by atoms with Gasteiger partial charge in [-0.25, -0.2) is 9.48 Å². The summed E-state index contributed by atoms with van der Waals surface area (Å²) in [5.74, 6) is 0.812. The first-order valence-electron chi connectivity index (χ1n) is 13.8. The SMILES string of the molecule is CC(C)(C)OC(=O)N1CCc2c(Cl)ccc(OCc3nnn4c3CCCC4)c2[C@H]1CN1CC2(CC2)CC1=O. The summed E-state index contributed by atoms with van der Waals surface area (Å²) in [6.07, 6.45) is 6.15. The lowest BCUT2D eigenvalue weighted by Crippen LogP contribution is -2.47. The van der Waals surface area contributed by atoms with Gasteiger partial charge in [0.15, 0.2) is 0 Å². The molecule has 10 heteroatoms. The first kappa shape index (κ1) is 25.5. The third kappa shape index (κ3) is 4.85. The number of aromatic nitrogens is 3. The molecule has 1 atom stereocenters. The van der Waals surface area contributed by atoms with E-state index in [1.54, 1.807) is 4.90 Å². The molecule has 1 aromatic carbocycles. The molecule has 1 aliphatic carbocycles. The zero-order chi connectivity index (χ0) is 26.7. The molecule has 0 unspecified atom stereocenters. The lowest BCUT2D eigenvalue weighted by Gasteiger charge is -2.40. The molecule has 1 saturated heterocycles. The number of hydrogen-bond donors (Lipinski definition) is 0. The van der Waals surface area contributed by atoms with Crippen molar-refractivity contribution in [2.24, 2.45) is 5.41 Å². The minimum absolute atomic E-state index is 0.131. The number of carbonyl (C=O) groups is 2. The quantitative estimate of drug-likeness (QED) is 0.545. The number of carbonyl (C=O) groups excluding carboxylic acids is 2. The average molecular weight is 542 g/mol. The lowest BCUT2D eigenvalue weighted by molar-refractivity contribution is -0.128. The van der Waals surface area contributed by atoms with Crippen LogP contribution in [0.5, 0.6) is 5.75 Å². The molecule has 1 spiro atoms. The molecule has 4 heterocycles. The fraction of sp³-hybridized carbons (Fsp3) is 0.643. The van der Waals surface area contributed by atoms with E-state index in [2.05, 4.69) is 10.3 Å². The molecule has 1 saturated carbocycles. The maximum absolute atomic E-state index is 13.4. The van der Waals surface area contributed by atoms with Gasteiger partial charge in [-0.15, -0.1) is 5.10 Å². The van der Waals surface area contributed by atoms with Crippen molar-refractivity contribution < 1.29 is 19.1 Å². The predicted molar refractivity (Wildman–Crippen MR) is 141 cm³/mol. The summed E-state index contributed by atoms with van der Waals surface area (Å²) in [4.78, 5) is 30.1. The summed E-state index contributed by atoms with van der Waals surface area (Å²) in [5, 5.41) is 9.34. The number of rotatable bonds is 5. The molecule has 2 amide bonds. The Balaban J connectivity index is 1.33. The number of ether oxygens (including phenoxy) is 2. The summed E-state index contributed by atoms with van der Waals surface area (Å²) < 4.78 is 14.2. The molecule has 3 aliphatic heterocycles. The molecule has 2 aromatic rings. The number of amides is 2.